The van der Waals surface area contributed by atoms with Crippen molar-refractivity contribution in [3.63, 3.8) is 0 Å². The van der Waals surface area contributed by atoms with Crippen molar-refractivity contribution in [2.45, 2.75) is 26.3 Å². The van der Waals surface area contributed by atoms with Crippen molar-refractivity contribution >= 4 is 5.69 Å². The smallest absolute Gasteiger partial charge is 0.0523 e. The number of benzene rings is 1. The first-order chi connectivity index (χ1) is 9.15. The first-order valence-corrected chi connectivity index (χ1v) is 6.37. The van der Waals surface area contributed by atoms with Gasteiger partial charge in [-0.1, -0.05) is 19.1 Å². The number of rotatable bonds is 4. The number of hydrogen-bond donors (Lipinski definition) is 3. The van der Waals surface area contributed by atoms with E-state index < -0.39 is 0 Å². The summed E-state index contributed by atoms with van der Waals surface area (Å²) >= 11 is 0. The molecule has 1 heterocycles. The third-order valence-electron chi connectivity index (χ3n) is 3.39. The molecule has 5 N–H and O–H groups in total. The topological polar surface area (TPSA) is 77.0 Å². The Kier molecular flexibility index (Phi) is 4.14. The lowest BCUT2D eigenvalue weighted by Crippen LogP contribution is -2.12. The van der Waals surface area contributed by atoms with Gasteiger partial charge in [0.05, 0.1) is 5.69 Å². The van der Waals surface area contributed by atoms with Gasteiger partial charge in [-0.3, -0.25) is 10.8 Å². The van der Waals surface area contributed by atoms with E-state index in [9.17, 15) is 0 Å². The average Bonchev–Trinajstić information content (AvgIpc) is 2.45. The highest BCUT2D eigenvalue weighted by Gasteiger charge is 2.13. The number of aromatic nitrogens is 1. The maximum absolute atomic E-state index is 5.71. The van der Waals surface area contributed by atoms with Crippen LogP contribution in [0.25, 0.3) is 0 Å². The quantitative estimate of drug-likeness (QED) is 0.579. The molecule has 4 nitrogen and oxygen atoms in total. The third-order valence-corrected chi connectivity index (χ3v) is 3.39. The van der Waals surface area contributed by atoms with E-state index in [4.69, 9.17) is 11.6 Å². The van der Waals surface area contributed by atoms with Gasteiger partial charge in [0.1, 0.15) is 0 Å². The summed E-state index contributed by atoms with van der Waals surface area (Å²) in [6, 6.07) is 10.2. The second-order valence-corrected chi connectivity index (χ2v) is 4.72. The van der Waals surface area contributed by atoms with Gasteiger partial charge in [-0.25, -0.2) is 0 Å². The van der Waals surface area contributed by atoms with Crippen LogP contribution in [0.4, 0.5) is 5.69 Å². The van der Waals surface area contributed by atoms with Crippen molar-refractivity contribution in [2.24, 2.45) is 11.6 Å². The lowest BCUT2D eigenvalue weighted by molar-refractivity contribution is 0.904. The van der Waals surface area contributed by atoms with Crippen LogP contribution in [0.1, 0.15) is 35.2 Å². The Morgan fingerprint density at radius 3 is 2.68 bits per heavy atom. The number of hydrogen-bond acceptors (Lipinski definition) is 4. The standard InChI is InChI=1S/C15H20N4/c1-10-7-13(5-6-18-10)11(2)14-8-12(9-16)3-4-15(14)19-17/h3-8,11,19H,9,16-17H2,1-2H3. The van der Waals surface area contributed by atoms with Crippen molar-refractivity contribution in [1.29, 1.82) is 0 Å². The van der Waals surface area contributed by atoms with Crippen LogP contribution in [-0.4, -0.2) is 4.98 Å². The van der Waals surface area contributed by atoms with Gasteiger partial charge in [-0.05, 0) is 41.8 Å². The summed E-state index contributed by atoms with van der Waals surface area (Å²) in [6.07, 6.45) is 1.84. The number of nitrogen functional groups attached to an aromatic ring is 1. The fraction of sp³-hybridized carbons (Fsp3) is 0.267. The summed E-state index contributed by atoms with van der Waals surface area (Å²) in [5.74, 6) is 5.83. The Balaban J connectivity index is 2.44. The molecule has 0 saturated carbocycles. The van der Waals surface area contributed by atoms with Gasteiger partial charge in [-0.15, -0.1) is 0 Å². The van der Waals surface area contributed by atoms with Gasteiger partial charge >= 0.3 is 0 Å². The van der Waals surface area contributed by atoms with Gasteiger partial charge in [0.2, 0.25) is 0 Å². The molecule has 0 saturated heterocycles. The van der Waals surface area contributed by atoms with Crippen LogP contribution in [0.3, 0.4) is 0 Å². The molecule has 2 aromatic rings. The number of nitrogens with two attached hydrogens (primary N) is 2. The summed E-state index contributed by atoms with van der Waals surface area (Å²) in [7, 11) is 0. The first-order valence-electron chi connectivity index (χ1n) is 6.37. The lowest BCUT2D eigenvalue weighted by atomic mass is 9.91. The normalized spacial score (nSPS) is 12.2. The van der Waals surface area contributed by atoms with E-state index in [1.165, 1.54) is 5.56 Å². The molecule has 0 aliphatic rings. The van der Waals surface area contributed by atoms with Gasteiger partial charge in [-0.2, -0.15) is 0 Å². The summed E-state index contributed by atoms with van der Waals surface area (Å²) in [5, 5.41) is 0. The highest BCUT2D eigenvalue weighted by atomic mass is 15.2. The predicted molar refractivity (Wildman–Crippen MR) is 78.6 cm³/mol. The van der Waals surface area contributed by atoms with Gasteiger partial charge in [0, 0.05) is 24.4 Å². The van der Waals surface area contributed by atoms with Crippen molar-refractivity contribution in [1.82, 2.24) is 4.98 Å². The molecule has 2 rings (SSSR count). The summed E-state index contributed by atoms with van der Waals surface area (Å²) < 4.78 is 0. The zero-order valence-corrected chi connectivity index (χ0v) is 11.4. The van der Waals surface area contributed by atoms with Crippen LogP contribution in [0.2, 0.25) is 0 Å². The lowest BCUT2D eigenvalue weighted by Gasteiger charge is -2.18. The minimum absolute atomic E-state index is 0.235. The van der Waals surface area contributed by atoms with E-state index in [1.807, 2.05) is 31.3 Å². The molecule has 0 aliphatic carbocycles. The zero-order chi connectivity index (χ0) is 13.8. The summed E-state index contributed by atoms with van der Waals surface area (Å²) in [4.78, 5) is 4.23. The Morgan fingerprint density at radius 1 is 1.26 bits per heavy atom. The number of nitrogens with one attached hydrogen (secondary N) is 1. The van der Waals surface area contributed by atoms with Crippen LogP contribution >= 0.6 is 0 Å². The van der Waals surface area contributed by atoms with E-state index in [0.717, 1.165) is 22.5 Å². The molecule has 4 heteroatoms. The molecule has 1 aromatic heterocycles. The number of pyridine rings is 1. The fourth-order valence-electron chi connectivity index (χ4n) is 2.25. The Bertz CT molecular complexity index is 566. The molecule has 100 valence electrons. The largest absolute Gasteiger partial charge is 0.326 e. The monoisotopic (exact) mass is 256 g/mol. The first kappa shape index (κ1) is 13.5. The van der Waals surface area contributed by atoms with Crippen molar-refractivity contribution in [2.75, 3.05) is 5.43 Å². The summed E-state index contributed by atoms with van der Waals surface area (Å²) in [5.41, 5.74) is 13.9. The Hall–Kier alpha value is -1.91. The van der Waals surface area contributed by atoms with Gasteiger partial charge in [0.15, 0.2) is 0 Å². The molecule has 0 amide bonds. The predicted octanol–water partition coefficient (Wildman–Crippen LogP) is 2.29. The molecule has 1 atom stereocenters. The highest BCUT2D eigenvalue weighted by molar-refractivity contribution is 5.55. The summed E-state index contributed by atoms with van der Waals surface area (Å²) in [6.45, 7) is 4.68. The third kappa shape index (κ3) is 2.92. The molecule has 1 unspecified atom stereocenters. The SMILES string of the molecule is Cc1cc(C(C)c2cc(CN)ccc2NN)ccn1. The molecule has 0 radical (unpaired) electrons. The van der Waals surface area contributed by atoms with Crippen LogP contribution in [0.15, 0.2) is 36.5 Å². The maximum Gasteiger partial charge on any atom is 0.0523 e. The molecule has 1 aromatic carbocycles. The van der Waals surface area contributed by atoms with Gasteiger partial charge in [0.25, 0.3) is 0 Å². The van der Waals surface area contributed by atoms with E-state index in [1.54, 1.807) is 0 Å². The van der Waals surface area contributed by atoms with Crippen LogP contribution in [0, 0.1) is 6.92 Å². The van der Waals surface area contributed by atoms with Crippen molar-refractivity contribution < 1.29 is 0 Å². The Labute approximate surface area is 113 Å². The number of anilines is 1. The number of nitrogens with zero attached hydrogens (tertiary/aromatic N) is 1. The molecule has 0 bridgehead atoms. The maximum atomic E-state index is 5.71. The number of aryl methyl sites for hydroxylation is 1. The van der Waals surface area contributed by atoms with Crippen LogP contribution < -0.4 is 17.0 Å². The highest BCUT2D eigenvalue weighted by Crippen LogP contribution is 2.30. The number of hydrazine groups is 1. The van der Waals surface area contributed by atoms with Crippen molar-refractivity contribution in [3.8, 4) is 0 Å². The van der Waals surface area contributed by atoms with Crippen LogP contribution in [-0.2, 0) is 6.54 Å². The van der Waals surface area contributed by atoms with E-state index in [0.29, 0.717) is 6.54 Å². The molecule has 0 spiro atoms. The van der Waals surface area contributed by atoms with E-state index in [2.05, 4.69) is 29.5 Å². The van der Waals surface area contributed by atoms with Gasteiger partial charge < -0.3 is 11.2 Å². The molecule has 0 fully saturated rings. The van der Waals surface area contributed by atoms with E-state index >= 15 is 0 Å². The van der Waals surface area contributed by atoms with Crippen LogP contribution in [0.5, 0.6) is 0 Å². The molecular formula is C15H20N4. The minimum atomic E-state index is 0.235. The average molecular weight is 256 g/mol. The zero-order valence-electron chi connectivity index (χ0n) is 11.4. The molecular weight excluding hydrogens is 236 g/mol. The van der Waals surface area contributed by atoms with Crippen molar-refractivity contribution in [3.05, 3.63) is 58.9 Å². The fourth-order valence-corrected chi connectivity index (χ4v) is 2.25. The molecule has 19 heavy (non-hydrogen) atoms. The Morgan fingerprint density at radius 2 is 2.05 bits per heavy atom. The molecule has 0 aliphatic heterocycles. The minimum Gasteiger partial charge on any atom is -0.326 e. The second-order valence-electron chi connectivity index (χ2n) is 4.72. The van der Waals surface area contributed by atoms with E-state index in [-0.39, 0.29) is 5.92 Å². The second kappa shape index (κ2) is 5.82.